The van der Waals surface area contributed by atoms with Crippen molar-refractivity contribution in [2.45, 2.75) is 19.5 Å². The number of nitro groups is 1. The van der Waals surface area contributed by atoms with Crippen LogP contribution in [0.15, 0.2) is 36.4 Å². The molecule has 0 saturated heterocycles. The number of halogens is 2. The Morgan fingerprint density at radius 3 is 2.48 bits per heavy atom. The standard InChI is InChI=1S/C20H21Cl2N3O6/c1-12(20(27)23-2)24(10-13-4-6-15(21)16(22)8-13)19(26)11-31-14-5-7-17(25(28)29)18(9-14)30-3/h4-9,12H,10-11H2,1-3H3,(H,23,27)/t12-/m0/s1. The minimum absolute atomic E-state index is 0.00124. The van der Waals surface area contributed by atoms with E-state index < -0.39 is 23.5 Å². The first-order valence-electron chi connectivity index (χ1n) is 9.08. The Labute approximate surface area is 189 Å². The highest BCUT2D eigenvalue weighted by atomic mass is 35.5. The van der Waals surface area contributed by atoms with Gasteiger partial charge in [0.25, 0.3) is 5.91 Å². The van der Waals surface area contributed by atoms with Gasteiger partial charge in [-0.1, -0.05) is 29.3 Å². The molecule has 0 saturated carbocycles. The summed E-state index contributed by atoms with van der Waals surface area (Å²) in [6.45, 7) is 1.28. The maximum absolute atomic E-state index is 12.9. The van der Waals surface area contributed by atoms with Crippen molar-refractivity contribution in [2.75, 3.05) is 20.8 Å². The minimum atomic E-state index is -0.790. The topological polar surface area (TPSA) is 111 Å². The lowest BCUT2D eigenvalue weighted by molar-refractivity contribution is -0.385. The number of nitrogens with zero attached hydrogens (tertiary/aromatic N) is 2. The Balaban J connectivity index is 2.19. The molecule has 31 heavy (non-hydrogen) atoms. The largest absolute Gasteiger partial charge is 0.490 e. The molecule has 0 spiro atoms. The highest BCUT2D eigenvalue weighted by molar-refractivity contribution is 6.42. The molecule has 0 heterocycles. The van der Waals surface area contributed by atoms with Gasteiger partial charge in [0.15, 0.2) is 6.61 Å². The summed E-state index contributed by atoms with van der Waals surface area (Å²) in [7, 11) is 2.77. The third-order valence-electron chi connectivity index (χ3n) is 4.46. The fourth-order valence-electron chi connectivity index (χ4n) is 2.75. The summed E-state index contributed by atoms with van der Waals surface area (Å²) < 4.78 is 10.5. The Kier molecular flexibility index (Phi) is 8.47. The van der Waals surface area contributed by atoms with E-state index in [1.807, 2.05) is 0 Å². The fourth-order valence-corrected chi connectivity index (χ4v) is 3.07. The highest BCUT2D eigenvalue weighted by Gasteiger charge is 2.26. The van der Waals surface area contributed by atoms with E-state index in [2.05, 4.69) is 5.32 Å². The first kappa shape index (κ1) is 24.2. The molecule has 0 aromatic heterocycles. The Hall–Kier alpha value is -3.04. The van der Waals surface area contributed by atoms with Crippen LogP contribution in [0.25, 0.3) is 0 Å². The summed E-state index contributed by atoms with van der Waals surface area (Å²) >= 11 is 12.0. The molecule has 0 fully saturated rings. The number of benzene rings is 2. The molecule has 9 nitrogen and oxygen atoms in total. The van der Waals surface area contributed by atoms with Gasteiger partial charge in [-0.3, -0.25) is 19.7 Å². The molecule has 0 aliphatic heterocycles. The zero-order valence-electron chi connectivity index (χ0n) is 17.1. The summed E-state index contributed by atoms with van der Waals surface area (Å²) in [6, 6.07) is 8.03. The second-order valence-electron chi connectivity index (χ2n) is 6.44. The van der Waals surface area contributed by atoms with Crippen LogP contribution < -0.4 is 14.8 Å². The lowest BCUT2D eigenvalue weighted by Gasteiger charge is -2.28. The van der Waals surface area contributed by atoms with Gasteiger partial charge in [-0.2, -0.15) is 0 Å². The third kappa shape index (κ3) is 6.22. The lowest BCUT2D eigenvalue weighted by Crippen LogP contribution is -2.48. The molecule has 0 unspecified atom stereocenters. The average Bonchev–Trinajstić information content (AvgIpc) is 2.76. The molecular weight excluding hydrogens is 449 g/mol. The minimum Gasteiger partial charge on any atom is -0.490 e. The van der Waals surface area contributed by atoms with Crippen LogP contribution in [0.5, 0.6) is 11.5 Å². The number of amides is 2. The molecule has 1 N–H and O–H groups in total. The maximum Gasteiger partial charge on any atom is 0.311 e. The number of nitrogens with one attached hydrogen (secondary N) is 1. The van der Waals surface area contributed by atoms with Gasteiger partial charge < -0.3 is 19.7 Å². The van der Waals surface area contributed by atoms with E-state index in [9.17, 15) is 19.7 Å². The normalized spacial score (nSPS) is 11.4. The van der Waals surface area contributed by atoms with Crippen molar-refractivity contribution in [3.05, 3.63) is 62.1 Å². The van der Waals surface area contributed by atoms with E-state index in [0.717, 1.165) is 0 Å². The second kappa shape index (κ2) is 10.8. The number of methoxy groups -OCH3 is 1. The SMILES string of the molecule is CNC(=O)[C@H](C)N(Cc1ccc(Cl)c(Cl)c1)C(=O)COc1ccc([N+](=O)[O-])c(OC)c1. The number of rotatable bonds is 9. The first-order chi connectivity index (χ1) is 14.7. The number of hydrogen-bond donors (Lipinski definition) is 1. The van der Waals surface area contributed by atoms with Crippen LogP contribution in [0.2, 0.25) is 10.0 Å². The highest BCUT2D eigenvalue weighted by Crippen LogP contribution is 2.31. The molecule has 166 valence electrons. The molecule has 1 atom stereocenters. The van der Waals surface area contributed by atoms with Crippen LogP contribution in [0, 0.1) is 10.1 Å². The van der Waals surface area contributed by atoms with E-state index in [1.54, 1.807) is 25.1 Å². The molecule has 2 amide bonds. The lowest BCUT2D eigenvalue weighted by atomic mass is 10.1. The first-order valence-corrected chi connectivity index (χ1v) is 9.83. The van der Waals surface area contributed by atoms with Crippen LogP contribution in [0.3, 0.4) is 0 Å². The number of likely N-dealkylation sites (N-methyl/N-ethyl adjacent to an activating group) is 1. The predicted molar refractivity (Wildman–Crippen MR) is 116 cm³/mol. The molecule has 0 radical (unpaired) electrons. The summed E-state index contributed by atoms with van der Waals surface area (Å²) in [5.41, 5.74) is 0.450. The summed E-state index contributed by atoms with van der Waals surface area (Å²) in [4.78, 5) is 36.8. The van der Waals surface area contributed by atoms with E-state index >= 15 is 0 Å². The number of hydrogen-bond acceptors (Lipinski definition) is 6. The Morgan fingerprint density at radius 2 is 1.90 bits per heavy atom. The van der Waals surface area contributed by atoms with Crippen molar-refractivity contribution in [2.24, 2.45) is 0 Å². The molecule has 2 rings (SSSR count). The van der Waals surface area contributed by atoms with Gasteiger partial charge in [-0.25, -0.2) is 0 Å². The van der Waals surface area contributed by atoms with Gasteiger partial charge >= 0.3 is 5.69 Å². The number of ether oxygens (including phenoxy) is 2. The van der Waals surface area contributed by atoms with E-state index in [1.165, 1.54) is 37.3 Å². The quantitative estimate of drug-likeness (QED) is 0.444. The number of carbonyl (C=O) groups excluding carboxylic acids is 2. The van der Waals surface area contributed by atoms with Crippen molar-refractivity contribution in [3.8, 4) is 11.5 Å². The van der Waals surface area contributed by atoms with Crippen LogP contribution in [-0.2, 0) is 16.1 Å². The second-order valence-corrected chi connectivity index (χ2v) is 7.25. The van der Waals surface area contributed by atoms with Gasteiger partial charge in [-0.05, 0) is 30.7 Å². The zero-order valence-corrected chi connectivity index (χ0v) is 18.6. The summed E-state index contributed by atoms with van der Waals surface area (Å²) in [6.07, 6.45) is 0. The van der Waals surface area contributed by atoms with E-state index in [-0.39, 0.29) is 29.6 Å². The van der Waals surface area contributed by atoms with Crippen molar-refractivity contribution < 1.29 is 24.0 Å². The Morgan fingerprint density at radius 1 is 1.19 bits per heavy atom. The molecule has 11 heteroatoms. The molecule has 0 aliphatic carbocycles. The van der Waals surface area contributed by atoms with Crippen LogP contribution in [0.1, 0.15) is 12.5 Å². The third-order valence-corrected chi connectivity index (χ3v) is 5.20. The monoisotopic (exact) mass is 469 g/mol. The van der Waals surface area contributed by atoms with E-state index in [4.69, 9.17) is 32.7 Å². The van der Waals surface area contributed by atoms with Gasteiger partial charge in [-0.15, -0.1) is 0 Å². The van der Waals surface area contributed by atoms with Gasteiger partial charge in [0.2, 0.25) is 11.7 Å². The van der Waals surface area contributed by atoms with Crippen molar-refractivity contribution >= 4 is 40.7 Å². The predicted octanol–water partition coefficient (Wildman–Crippen LogP) is 3.45. The fraction of sp³-hybridized carbons (Fsp3) is 0.300. The maximum atomic E-state index is 12.9. The molecule has 2 aromatic carbocycles. The molecule has 2 aromatic rings. The van der Waals surface area contributed by atoms with Crippen molar-refractivity contribution in [3.63, 3.8) is 0 Å². The van der Waals surface area contributed by atoms with Gasteiger partial charge in [0.1, 0.15) is 11.8 Å². The summed E-state index contributed by atoms with van der Waals surface area (Å²) in [5, 5.41) is 14.2. The van der Waals surface area contributed by atoms with E-state index in [0.29, 0.717) is 15.6 Å². The molecule has 0 bridgehead atoms. The number of carbonyl (C=O) groups is 2. The zero-order chi connectivity index (χ0) is 23.1. The van der Waals surface area contributed by atoms with Gasteiger partial charge in [0.05, 0.1) is 22.1 Å². The number of nitro benzene ring substituents is 1. The van der Waals surface area contributed by atoms with Crippen molar-refractivity contribution in [1.29, 1.82) is 0 Å². The molecular formula is C20H21Cl2N3O6. The average molecular weight is 470 g/mol. The van der Waals surface area contributed by atoms with Crippen LogP contribution in [0.4, 0.5) is 5.69 Å². The van der Waals surface area contributed by atoms with Gasteiger partial charge in [0, 0.05) is 25.7 Å². The molecule has 0 aliphatic rings. The van der Waals surface area contributed by atoms with Crippen molar-refractivity contribution in [1.82, 2.24) is 10.2 Å². The summed E-state index contributed by atoms with van der Waals surface area (Å²) in [5.74, 6) is -0.621. The van der Waals surface area contributed by atoms with Crippen LogP contribution in [-0.4, -0.2) is 48.4 Å². The Bertz CT molecular complexity index is 985. The van der Waals surface area contributed by atoms with Crippen LogP contribution >= 0.6 is 23.2 Å². The smallest absolute Gasteiger partial charge is 0.311 e.